The molecule has 0 fully saturated rings. The Morgan fingerprint density at radius 3 is 2.75 bits per heavy atom. The molecular formula is C12H12N4O3S. The van der Waals surface area contributed by atoms with Gasteiger partial charge in [0.15, 0.2) is 10.9 Å². The number of rotatable bonds is 4. The van der Waals surface area contributed by atoms with Gasteiger partial charge in [-0.2, -0.15) is 0 Å². The van der Waals surface area contributed by atoms with Crippen LogP contribution in [0.25, 0.3) is 0 Å². The van der Waals surface area contributed by atoms with Crippen LogP contribution < -0.4 is 5.56 Å². The maximum Gasteiger partial charge on any atom is 0.355 e. The summed E-state index contributed by atoms with van der Waals surface area (Å²) < 4.78 is 0. The van der Waals surface area contributed by atoms with E-state index in [9.17, 15) is 14.7 Å². The molecule has 0 aliphatic heterocycles. The lowest BCUT2D eigenvalue weighted by Crippen LogP contribution is -2.09. The van der Waals surface area contributed by atoms with Gasteiger partial charge in [0, 0.05) is 24.4 Å². The molecule has 20 heavy (non-hydrogen) atoms. The zero-order valence-electron chi connectivity index (χ0n) is 10.8. The van der Waals surface area contributed by atoms with E-state index in [4.69, 9.17) is 0 Å². The number of aromatic carboxylic acids is 1. The summed E-state index contributed by atoms with van der Waals surface area (Å²) in [5.74, 6) is -0.654. The molecule has 0 saturated carbocycles. The van der Waals surface area contributed by atoms with E-state index < -0.39 is 5.97 Å². The number of H-pyrrole nitrogens is 1. The number of nitrogens with zero attached hydrogens (tertiary/aromatic N) is 3. The molecule has 0 saturated heterocycles. The quantitative estimate of drug-likeness (QED) is 0.822. The van der Waals surface area contributed by atoms with E-state index in [-0.39, 0.29) is 17.2 Å². The van der Waals surface area contributed by atoms with Gasteiger partial charge in [0.25, 0.3) is 5.56 Å². The summed E-state index contributed by atoms with van der Waals surface area (Å²) in [5, 5.41) is 9.50. The van der Waals surface area contributed by atoms with Crippen molar-refractivity contribution < 1.29 is 9.90 Å². The van der Waals surface area contributed by atoms with Gasteiger partial charge < -0.3 is 10.1 Å². The van der Waals surface area contributed by atoms with Crippen LogP contribution in [0.2, 0.25) is 0 Å². The van der Waals surface area contributed by atoms with Gasteiger partial charge in [0.2, 0.25) is 0 Å². The Labute approximate surface area is 118 Å². The number of aromatic amines is 1. The van der Waals surface area contributed by atoms with Gasteiger partial charge in [-0.3, -0.25) is 4.79 Å². The molecule has 0 unspecified atom stereocenters. The molecule has 0 radical (unpaired) electrons. The van der Waals surface area contributed by atoms with Gasteiger partial charge in [-0.1, -0.05) is 13.8 Å². The number of carboxylic acids is 1. The second-order valence-electron chi connectivity index (χ2n) is 4.24. The Morgan fingerprint density at radius 1 is 1.40 bits per heavy atom. The summed E-state index contributed by atoms with van der Waals surface area (Å²) in [5.41, 5.74) is -0.403. The lowest BCUT2D eigenvalue weighted by atomic mass is 10.2. The number of carbonyl (C=O) groups is 1. The highest BCUT2D eigenvalue weighted by Gasteiger charge is 2.17. The molecule has 0 bridgehead atoms. The minimum Gasteiger partial charge on any atom is -0.476 e. The van der Waals surface area contributed by atoms with E-state index in [0.29, 0.717) is 15.9 Å². The van der Waals surface area contributed by atoms with Crippen LogP contribution in [0, 0.1) is 0 Å². The van der Waals surface area contributed by atoms with E-state index in [0.717, 1.165) is 11.8 Å². The topological polar surface area (TPSA) is 109 Å². The van der Waals surface area contributed by atoms with E-state index in [2.05, 4.69) is 19.9 Å². The standard InChI is InChI=1S/C12H12N4O3S/c1-6(2)10-14-5-7(9(16-10)11(18)19)20-12-13-4-3-8(17)15-12/h3-6H,1-2H3,(H,18,19)(H,13,15,17). The molecule has 0 atom stereocenters. The number of hydrogen-bond donors (Lipinski definition) is 2. The third kappa shape index (κ3) is 3.21. The van der Waals surface area contributed by atoms with Crippen molar-refractivity contribution in [1.29, 1.82) is 0 Å². The van der Waals surface area contributed by atoms with Crippen molar-refractivity contribution in [3.63, 3.8) is 0 Å². The summed E-state index contributed by atoms with van der Waals surface area (Å²) >= 11 is 1.00. The monoisotopic (exact) mass is 292 g/mol. The number of hydrogen-bond acceptors (Lipinski definition) is 6. The third-order valence-electron chi connectivity index (χ3n) is 2.35. The first kappa shape index (κ1) is 14.2. The average molecular weight is 292 g/mol. The molecule has 104 valence electrons. The van der Waals surface area contributed by atoms with E-state index in [1.165, 1.54) is 18.5 Å². The second kappa shape index (κ2) is 5.83. The molecule has 2 rings (SSSR count). The van der Waals surface area contributed by atoms with Gasteiger partial charge >= 0.3 is 5.97 Å². The largest absolute Gasteiger partial charge is 0.476 e. The first-order valence-electron chi connectivity index (χ1n) is 5.80. The third-order valence-corrected chi connectivity index (χ3v) is 3.27. The van der Waals surface area contributed by atoms with Gasteiger partial charge in [0.1, 0.15) is 5.82 Å². The molecule has 2 heterocycles. The van der Waals surface area contributed by atoms with Crippen LogP contribution in [-0.4, -0.2) is 31.0 Å². The molecule has 0 aromatic carbocycles. The smallest absolute Gasteiger partial charge is 0.355 e. The van der Waals surface area contributed by atoms with Crippen molar-refractivity contribution in [1.82, 2.24) is 19.9 Å². The number of nitrogens with one attached hydrogen (secondary N) is 1. The molecule has 0 spiro atoms. The maximum atomic E-state index is 11.3. The fourth-order valence-corrected chi connectivity index (χ4v) is 2.21. The Balaban J connectivity index is 2.41. The Morgan fingerprint density at radius 2 is 2.15 bits per heavy atom. The van der Waals surface area contributed by atoms with Crippen LogP contribution in [0.5, 0.6) is 0 Å². The minimum absolute atomic E-state index is 0.0295. The first-order chi connectivity index (χ1) is 9.47. The van der Waals surface area contributed by atoms with Gasteiger partial charge in [-0.25, -0.2) is 19.7 Å². The second-order valence-corrected chi connectivity index (χ2v) is 5.27. The van der Waals surface area contributed by atoms with Gasteiger partial charge in [-0.15, -0.1) is 0 Å². The van der Waals surface area contributed by atoms with Crippen LogP contribution in [0.4, 0.5) is 0 Å². The summed E-state index contributed by atoms with van der Waals surface area (Å²) in [6, 6.07) is 1.28. The minimum atomic E-state index is -1.14. The molecule has 2 aromatic heterocycles. The molecule has 0 amide bonds. The maximum absolute atomic E-state index is 11.3. The van der Waals surface area contributed by atoms with E-state index in [1.54, 1.807) is 0 Å². The molecule has 8 heteroatoms. The molecule has 2 N–H and O–H groups in total. The molecule has 0 aliphatic rings. The van der Waals surface area contributed by atoms with Crippen LogP contribution >= 0.6 is 11.8 Å². The Kier molecular flexibility index (Phi) is 4.14. The van der Waals surface area contributed by atoms with Crippen molar-refractivity contribution in [3.05, 3.63) is 40.3 Å². The van der Waals surface area contributed by atoms with Crippen molar-refractivity contribution in [2.45, 2.75) is 29.8 Å². The van der Waals surface area contributed by atoms with Gasteiger partial charge in [-0.05, 0) is 11.8 Å². The van der Waals surface area contributed by atoms with Crippen molar-refractivity contribution in [3.8, 4) is 0 Å². The fraction of sp³-hybridized carbons (Fsp3) is 0.250. The first-order valence-corrected chi connectivity index (χ1v) is 6.62. The molecule has 0 aliphatic carbocycles. The summed E-state index contributed by atoms with van der Waals surface area (Å²) in [4.78, 5) is 37.4. The van der Waals surface area contributed by atoms with Crippen molar-refractivity contribution in [2.75, 3.05) is 0 Å². The zero-order chi connectivity index (χ0) is 14.7. The summed E-state index contributed by atoms with van der Waals surface area (Å²) in [7, 11) is 0. The average Bonchev–Trinajstić information content (AvgIpc) is 2.38. The van der Waals surface area contributed by atoms with E-state index >= 15 is 0 Å². The molecular weight excluding hydrogens is 280 g/mol. The van der Waals surface area contributed by atoms with Crippen LogP contribution in [0.1, 0.15) is 36.1 Å². The van der Waals surface area contributed by atoms with Crippen molar-refractivity contribution >= 4 is 17.7 Å². The molecule has 7 nitrogen and oxygen atoms in total. The van der Waals surface area contributed by atoms with Crippen LogP contribution in [0.3, 0.4) is 0 Å². The van der Waals surface area contributed by atoms with Crippen LogP contribution in [0.15, 0.2) is 33.3 Å². The van der Waals surface area contributed by atoms with Gasteiger partial charge in [0.05, 0.1) is 4.90 Å². The predicted molar refractivity (Wildman–Crippen MR) is 72.1 cm³/mol. The predicted octanol–water partition coefficient (Wildman–Crippen LogP) is 1.53. The van der Waals surface area contributed by atoms with Crippen molar-refractivity contribution in [2.24, 2.45) is 0 Å². The Bertz CT molecular complexity index is 699. The normalized spacial score (nSPS) is 10.8. The highest BCUT2D eigenvalue weighted by atomic mass is 32.2. The number of aromatic nitrogens is 4. The van der Waals surface area contributed by atoms with E-state index in [1.807, 2.05) is 13.8 Å². The van der Waals surface area contributed by atoms with Crippen LogP contribution in [-0.2, 0) is 0 Å². The Hall–Kier alpha value is -2.22. The fourth-order valence-electron chi connectivity index (χ4n) is 1.40. The summed E-state index contributed by atoms with van der Waals surface area (Å²) in [6.45, 7) is 3.76. The summed E-state index contributed by atoms with van der Waals surface area (Å²) in [6.07, 6.45) is 2.79. The highest BCUT2D eigenvalue weighted by Crippen LogP contribution is 2.26. The highest BCUT2D eigenvalue weighted by molar-refractivity contribution is 7.99. The zero-order valence-corrected chi connectivity index (χ0v) is 11.6. The number of carboxylic acid groups (broad SMARTS) is 1. The molecule has 2 aromatic rings. The lowest BCUT2D eigenvalue weighted by Gasteiger charge is -2.08. The SMILES string of the molecule is CC(C)c1ncc(Sc2nccc(=O)[nH]2)c(C(=O)O)n1. The lowest BCUT2D eigenvalue weighted by molar-refractivity contribution is 0.0685.